The molecule has 12 heteroatoms. The number of halogens is 1. The Hall–Kier alpha value is -6.43. The van der Waals surface area contributed by atoms with Crippen molar-refractivity contribution < 1.29 is 37.8 Å². The number of carbonyl (C=O) groups is 5. The summed E-state index contributed by atoms with van der Waals surface area (Å²) in [6.45, 7) is -1.00. The highest BCUT2D eigenvalue weighted by atomic mass is 19.1. The summed E-state index contributed by atoms with van der Waals surface area (Å²) in [6, 6.07) is 26.9. The maximum atomic E-state index is 14.3. The molecule has 0 fully saturated rings. The smallest absolute Gasteiger partial charge is 0.423 e. The van der Waals surface area contributed by atoms with Gasteiger partial charge in [0, 0.05) is 23.7 Å². The number of urea groups is 1. The predicted molar refractivity (Wildman–Crippen MR) is 175 cm³/mol. The van der Waals surface area contributed by atoms with Gasteiger partial charge in [-0.05, 0) is 41.0 Å². The van der Waals surface area contributed by atoms with Crippen molar-refractivity contribution in [1.29, 1.82) is 0 Å². The van der Waals surface area contributed by atoms with E-state index in [0.717, 1.165) is 11.1 Å². The summed E-state index contributed by atoms with van der Waals surface area (Å²) in [6.07, 6.45) is 0.381. The Balaban J connectivity index is 1.50. The van der Waals surface area contributed by atoms with Gasteiger partial charge < -0.3 is 29.3 Å². The van der Waals surface area contributed by atoms with E-state index in [4.69, 9.17) is 9.47 Å². The monoisotopic (exact) mass is 660 g/mol. The Bertz CT molecular complexity index is 1990. The first-order chi connectivity index (χ1) is 23.9. The SMILES string of the molecule is O=CCNC(=O)N(CC=O)C(=O)Oc1c2c(c(OC(c3ccccc3)c3ccccc3)c3ncccc13)C(=O)N(Cc1ccc(F)cc1)C2. The molecular weight excluding hydrogens is 631 g/mol. The molecule has 0 atom stereocenters. The number of carbonyl (C=O) groups excluding carboxylic acids is 5. The van der Waals surface area contributed by atoms with Crippen LogP contribution in [0.2, 0.25) is 0 Å². The Labute approximate surface area is 279 Å². The molecule has 1 N–H and O–H groups in total. The van der Waals surface area contributed by atoms with Gasteiger partial charge in [0.05, 0.1) is 25.2 Å². The molecule has 0 aliphatic carbocycles. The molecule has 1 aliphatic rings. The van der Waals surface area contributed by atoms with Crippen LogP contribution in [0.4, 0.5) is 14.0 Å². The molecule has 6 rings (SSSR count). The minimum absolute atomic E-state index is 0.0400. The van der Waals surface area contributed by atoms with Gasteiger partial charge in [-0.2, -0.15) is 0 Å². The molecule has 0 unspecified atom stereocenters. The van der Waals surface area contributed by atoms with Gasteiger partial charge in [-0.1, -0.05) is 72.8 Å². The molecule has 49 heavy (non-hydrogen) atoms. The van der Waals surface area contributed by atoms with Crippen LogP contribution in [0.25, 0.3) is 10.9 Å². The fourth-order valence-corrected chi connectivity index (χ4v) is 5.65. The van der Waals surface area contributed by atoms with Gasteiger partial charge in [-0.25, -0.2) is 18.9 Å². The predicted octanol–water partition coefficient (Wildman–Crippen LogP) is 5.61. The van der Waals surface area contributed by atoms with Gasteiger partial charge in [0.25, 0.3) is 5.91 Å². The van der Waals surface area contributed by atoms with Crippen LogP contribution in [0.1, 0.15) is 38.7 Å². The number of hydrogen-bond acceptors (Lipinski definition) is 8. The molecule has 2 heterocycles. The minimum atomic E-state index is -1.22. The number of aromatic nitrogens is 1. The molecule has 1 aromatic heterocycles. The lowest BCUT2D eigenvalue weighted by molar-refractivity contribution is -0.108. The Morgan fingerprint density at radius 2 is 1.57 bits per heavy atom. The van der Waals surface area contributed by atoms with E-state index in [1.165, 1.54) is 23.2 Å². The topological polar surface area (TPSA) is 135 Å². The van der Waals surface area contributed by atoms with Crippen LogP contribution >= 0.6 is 0 Å². The van der Waals surface area contributed by atoms with Crippen molar-refractivity contribution in [2.45, 2.75) is 19.2 Å². The summed E-state index contributed by atoms with van der Waals surface area (Å²) < 4.78 is 26.3. The average molecular weight is 661 g/mol. The first-order valence-corrected chi connectivity index (χ1v) is 15.3. The second-order valence-corrected chi connectivity index (χ2v) is 11.0. The number of amides is 4. The lowest BCUT2D eigenvalue weighted by atomic mass is 9.99. The van der Waals surface area contributed by atoms with Crippen molar-refractivity contribution in [3.63, 3.8) is 0 Å². The van der Waals surface area contributed by atoms with Crippen molar-refractivity contribution in [1.82, 2.24) is 20.1 Å². The fraction of sp³-hybridized carbons (Fsp3) is 0.135. The molecule has 0 saturated heterocycles. The highest BCUT2D eigenvalue weighted by molar-refractivity contribution is 6.09. The summed E-state index contributed by atoms with van der Waals surface area (Å²) >= 11 is 0. The van der Waals surface area contributed by atoms with E-state index in [1.807, 2.05) is 60.7 Å². The lowest BCUT2D eigenvalue weighted by Crippen LogP contribution is -2.46. The van der Waals surface area contributed by atoms with Gasteiger partial charge in [0.2, 0.25) is 0 Å². The summed E-state index contributed by atoms with van der Waals surface area (Å²) in [5, 5.41) is 2.52. The summed E-state index contributed by atoms with van der Waals surface area (Å²) in [5.41, 5.74) is 2.87. The van der Waals surface area contributed by atoms with Crippen LogP contribution in [-0.2, 0) is 22.7 Å². The van der Waals surface area contributed by atoms with Gasteiger partial charge >= 0.3 is 12.1 Å². The minimum Gasteiger partial charge on any atom is -0.478 e. The average Bonchev–Trinajstić information content (AvgIpc) is 3.45. The number of nitrogens with one attached hydrogen (secondary N) is 1. The zero-order chi connectivity index (χ0) is 34.3. The molecule has 0 radical (unpaired) electrons. The number of aldehydes is 2. The Kier molecular flexibility index (Phi) is 9.65. The van der Waals surface area contributed by atoms with Crippen LogP contribution in [0, 0.1) is 5.82 Å². The van der Waals surface area contributed by atoms with E-state index in [2.05, 4.69) is 10.3 Å². The number of pyridine rings is 1. The standard InChI is InChI=1S/C37H29FN4O7/c38-27-15-13-24(14-16-27)22-41-23-29-30(35(41)45)34(48-32(25-8-3-1-4-9-25)26-10-5-2-6-11-26)31-28(12-7-17-39-31)33(29)49-37(47)42(19-21-44)36(46)40-18-20-43/h1-17,20-21,32H,18-19,22-23H2,(H,40,46). The van der Waals surface area contributed by atoms with Gasteiger partial charge in [0.1, 0.15) is 35.8 Å². The quantitative estimate of drug-likeness (QED) is 0.181. The van der Waals surface area contributed by atoms with Crippen LogP contribution < -0.4 is 14.8 Å². The number of hydrogen-bond donors (Lipinski definition) is 1. The van der Waals surface area contributed by atoms with E-state index in [-0.39, 0.29) is 41.2 Å². The maximum absolute atomic E-state index is 14.3. The normalized spacial score (nSPS) is 12.0. The number of ether oxygens (including phenoxy) is 2. The molecule has 1 aliphatic heterocycles. The highest BCUT2D eigenvalue weighted by Crippen LogP contribution is 2.46. The third-order valence-electron chi connectivity index (χ3n) is 7.90. The van der Waals surface area contributed by atoms with Crippen molar-refractivity contribution in [3.8, 4) is 11.5 Å². The largest absolute Gasteiger partial charge is 0.478 e. The number of imide groups is 1. The van der Waals surface area contributed by atoms with E-state index in [1.54, 1.807) is 24.3 Å². The first kappa shape index (κ1) is 32.5. The van der Waals surface area contributed by atoms with Gasteiger partial charge in [0.15, 0.2) is 5.75 Å². The third-order valence-corrected chi connectivity index (χ3v) is 7.90. The van der Waals surface area contributed by atoms with E-state index >= 15 is 0 Å². The zero-order valence-electron chi connectivity index (χ0n) is 26.0. The van der Waals surface area contributed by atoms with E-state index < -0.39 is 43.0 Å². The van der Waals surface area contributed by atoms with Crippen molar-refractivity contribution >= 4 is 41.5 Å². The third kappa shape index (κ3) is 6.84. The molecule has 4 aromatic carbocycles. The van der Waals surface area contributed by atoms with Crippen molar-refractivity contribution in [3.05, 3.63) is 137 Å². The molecule has 5 aromatic rings. The summed E-state index contributed by atoms with van der Waals surface area (Å²) in [4.78, 5) is 69.3. The Morgan fingerprint density at radius 1 is 0.898 bits per heavy atom. The second-order valence-electron chi connectivity index (χ2n) is 11.0. The highest BCUT2D eigenvalue weighted by Gasteiger charge is 2.39. The molecule has 246 valence electrons. The van der Waals surface area contributed by atoms with Gasteiger partial charge in [-0.3, -0.25) is 9.78 Å². The van der Waals surface area contributed by atoms with Crippen molar-refractivity contribution in [2.75, 3.05) is 13.1 Å². The van der Waals surface area contributed by atoms with Gasteiger partial charge in [-0.15, -0.1) is 0 Å². The summed E-state index contributed by atoms with van der Waals surface area (Å²) in [5.74, 6) is -0.775. The van der Waals surface area contributed by atoms with Crippen LogP contribution in [0.3, 0.4) is 0 Å². The van der Waals surface area contributed by atoms with Crippen LogP contribution in [0.5, 0.6) is 11.5 Å². The molecule has 4 amide bonds. The van der Waals surface area contributed by atoms with E-state index in [9.17, 15) is 28.4 Å². The zero-order valence-corrected chi connectivity index (χ0v) is 26.0. The van der Waals surface area contributed by atoms with Crippen LogP contribution in [0.15, 0.2) is 103 Å². The molecular formula is C37H29FN4O7. The van der Waals surface area contributed by atoms with E-state index in [0.29, 0.717) is 28.4 Å². The molecule has 0 saturated carbocycles. The number of nitrogens with zero attached hydrogens (tertiary/aromatic N) is 3. The number of benzene rings is 4. The van der Waals surface area contributed by atoms with Crippen molar-refractivity contribution in [2.24, 2.45) is 0 Å². The molecule has 0 spiro atoms. The lowest BCUT2D eigenvalue weighted by Gasteiger charge is -2.24. The Morgan fingerprint density at radius 3 is 2.20 bits per heavy atom. The second kappa shape index (κ2) is 14.6. The number of fused-ring (bicyclic) bond motifs is 2. The fourth-order valence-electron chi connectivity index (χ4n) is 5.65. The maximum Gasteiger partial charge on any atom is 0.423 e. The molecule has 11 nitrogen and oxygen atoms in total. The van der Waals surface area contributed by atoms with Crippen LogP contribution in [-0.4, -0.2) is 58.5 Å². The summed E-state index contributed by atoms with van der Waals surface area (Å²) in [7, 11) is 0. The molecule has 0 bridgehead atoms. The first-order valence-electron chi connectivity index (χ1n) is 15.3. The number of rotatable bonds is 11.